The number of imide groups is 1. The van der Waals surface area contributed by atoms with Crippen LogP contribution in [0.5, 0.6) is 0 Å². The van der Waals surface area contributed by atoms with E-state index in [2.05, 4.69) is 5.32 Å². The normalized spacial score (nSPS) is 22.8. The number of nitrogens with one attached hydrogen (secondary N) is 1. The minimum absolute atomic E-state index is 0.0362. The minimum Gasteiger partial charge on any atom is -0.319 e. The number of rotatable bonds is 3. The van der Waals surface area contributed by atoms with E-state index in [1.165, 1.54) is 13.0 Å². The zero-order chi connectivity index (χ0) is 14.2. The number of benzene rings is 1. The van der Waals surface area contributed by atoms with Crippen molar-refractivity contribution in [2.45, 2.75) is 25.8 Å². The fourth-order valence-electron chi connectivity index (χ4n) is 2.20. The van der Waals surface area contributed by atoms with Crippen molar-refractivity contribution in [1.82, 2.24) is 10.2 Å². The van der Waals surface area contributed by atoms with Crippen molar-refractivity contribution in [2.75, 3.05) is 6.54 Å². The summed E-state index contributed by atoms with van der Waals surface area (Å²) in [5, 5.41) is 2.47. The molecule has 1 atom stereocenters. The Labute approximate surface area is 109 Å². The van der Waals surface area contributed by atoms with Crippen molar-refractivity contribution in [1.29, 1.82) is 0 Å². The molecule has 1 heterocycles. The van der Waals surface area contributed by atoms with Crippen molar-refractivity contribution in [3.63, 3.8) is 0 Å². The van der Waals surface area contributed by atoms with Crippen molar-refractivity contribution in [3.8, 4) is 0 Å². The topological polar surface area (TPSA) is 49.4 Å². The molecule has 1 saturated heterocycles. The molecule has 0 bridgehead atoms. The van der Waals surface area contributed by atoms with Crippen LogP contribution in [0.15, 0.2) is 18.2 Å². The molecule has 1 aliphatic heterocycles. The van der Waals surface area contributed by atoms with Gasteiger partial charge in [0.1, 0.15) is 17.2 Å². The van der Waals surface area contributed by atoms with Crippen LogP contribution in [-0.4, -0.2) is 23.4 Å². The van der Waals surface area contributed by atoms with E-state index >= 15 is 0 Å². The van der Waals surface area contributed by atoms with Gasteiger partial charge < -0.3 is 5.32 Å². The highest BCUT2D eigenvalue weighted by molar-refractivity contribution is 6.07. The van der Waals surface area contributed by atoms with Crippen molar-refractivity contribution < 1.29 is 18.4 Å². The number of halogens is 2. The Bertz CT molecular complexity index is 547. The third-order valence-corrected chi connectivity index (χ3v) is 3.19. The SMILES string of the molecule is CCCN1C(=O)N[C@](C)(c2ccc(F)cc2F)C1=O. The van der Waals surface area contributed by atoms with Gasteiger partial charge in [-0.2, -0.15) is 0 Å². The molecular formula is C13H14F2N2O2. The van der Waals surface area contributed by atoms with Crippen molar-refractivity contribution in [2.24, 2.45) is 0 Å². The van der Waals surface area contributed by atoms with Gasteiger partial charge in [-0.3, -0.25) is 9.69 Å². The highest BCUT2D eigenvalue weighted by Gasteiger charge is 2.49. The molecule has 0 saturated carbocycles. The fraction of sp³-hybridized carbons (Fsp3) is 0.385. The Kier molecular flexibility index (Phi) is 3.26. The third-order valence-electron chi connectivity index (χ3n) is 3.19. The summed E-state index contributed by atoms with van der Waals surface area (Å²) in [4.78, 5) is 25.0. The molecular weight excluding hydrogens is 254 g/mol. The Morgan fingerprint density at radius 1 is 1.32 bits per heavy atom. The van der Waals surface area contributed by atoms with Gasteiger partial charge in [-0.05, 0) is 19.4 Å². The van der Waals surface area contributed by atoms with Crippen LogP contribution in [0, 0.1) is 11.6 Å². The Morgan fingerprint density at radius 2 is 2.00 bits per heavy atom. The van der Waals surface area contributed by atoms with E-state index in [0.717, 1.165) is 11.0 Å². The molecule has 0 aromatic heterocycles. The van der Waals surface area contributed by atoms with Crippen molar-refractivity contribution >= 4 is 11.9 Å². The van der Waals surface area contributed by atoms with Crippen LogP contribution in [0.1, 0.15) is 25.8 Å². The van der Waals surface area contributed by atoms with E-state index < -0.39 is 29.1 Å². The van der Waals surface area contributed by atoms with Gasteiger partial charge in [0.15, 0.2) is 0 Å². The number of amides is 3. The lowest BCUT2D eigenvalue weighted by Gasteiger charge is -2.22. The molecule has 1 aromatic carbocycles. The molecule has 1 aliphatic rings. The second-order valence-corrected chi connectivity index (χ2v) is 4.64. The van der Waals surface area contributed by atoms with Gasteiger partial charge in [0.05, 0.1) is 0 Å². The Hall–Kier alpha value is -1.98. The predicted octanol–water partition coefficient (Wildman–Crippen LogP) is 2.14. The number of carbonyl (C=O) groups excluding carboxylic acids is 2. The van der Waals surface area contributed by atoms with Gasteiger partial charge in [0.2, 0.25) is 0 Å². The predicted molar refractivity (Wildman–Crippen MR) is 64.2 cm³/mol. The first-order chi connectivity index (χ1) is 8.90. The molecule has 1 fully saturated rings. The monoisotopic (exact) mass is 268 g/mol. The molecule has 19 heavy (non-hydrogen) atoms. The first-order valence-electron chi connectivity index (χ1n) is 5.99. The zero-order valence-electron chi connectivity index (χ0n) is 10.7. The van der Waals surface area contributed by atoms with Gasteiger partial charge in [0, 0.05) is 18.2 Å². The number of urea groups is 1. The first-order valence-corrected chi connectivity index (χ1v) is 5.99. The van der Waals surface area contributed by atoms with Crippen LogP contribution in [0.3, 0.4) is 0 Å². The molecule has 0 spiro atoms. The van der Waals surface area contributed by atoms with Crippen LogP contribution in [0.2, 0.25) is 0 Å². The summed E-state index contributed by atoms with van der Waals surface area (Å²) in [5.41, 5.74) is -1.52. The molecule has 1 N–H and O–H groups in total. The maximum atomic E-state index is 13.8. The van der Waals surface area contributed by atoms with Gasteiger partial charge in [0.25, 0.3) is 5.91 Å². The molecule has 1 aromatic rings. The number of nitrogens with zero attached hydrogens (tertiary/aromatic N) is 1. The molecule has 2 rings (SSSR count). The lowest BCUT2D eigenvalue weighted by atomic mass is 9.91. The van der Waals surface area contributed by atoms with Gasteiger partial charge in [-0.15, -0.1) is 0 Å². The lowest BCUT2D eigenvalue weighted by molar-refractivity contribution is -0.131. The van der Waals surface area contributed by atoms with Crippen LogP contribution >= 0.6 is 0 Å². The largest absolute Gasteiger partial charge is 0.325 e. The third kappa shape index (κ3) is 2.07. The molecule has 3 amide bonds. The lowest BCUT2D eigenvalue weighted by Crippen LogP contribution is -2.41. The van der Waals surface area contributed by atoms with Gasteiger partial charge in [-0.1, -0.05) is 13.0 Å². The van der Waals surface area contributed by atoms with E-state index in [-0.39, 0.29) is 12.1 Å². The zero-order valence-corrected chi connectivity index (χ0v) is 10.7. The molecule has 0 unspecified atom stereocenters. The number of hydrogen-bond donors (Lipinski definition) is 1. The Balaban J connectivity index is 2.43. The van der Waals surface area contributed by atoms with E-state index in [4.69, 9.17) is 0 Å². The van der Waals surface area contributed by atoms with E-state index in [9.17, 15) is 18.4 Å². The first kappa shape index (κ1) is 13.5. The van der Waals surface area contributed by atoms with E-state index in [1.54, 1.807) is 0 Å². The van der Waals surface area contributed by atoms with Crippen LogP contribution < -0.4 is 5.32 Å². The molecule has 0 radical (unpaired) electrons. The maximum absolute atomic E-state index is 13.8. The fourth-order valence-corrected chi connectivity index (χ4v) is 2.20. The molecule has 4 nitrogen and oxygen atoms in total. The molecule has 6 heteroatoms. The standard InChI is InChI=1S/C13H14F2N2O2/c1-3-6-17-11(18)13(2,16-12(17)19)9-5-4-8(14)7-10(9)15/h4-5,7H,3,6H2,1-2H3,(H,16,19)/t13-/m1/s1. The summed E-state index contributed by atoms with van der Waals surface area (Å²) >= 11 is 0. The quantitative estimate of drug-likeness (QED) is 0.854. The highest BCUT2D eigenvalue weighted by Crippen LogP contribution is 2.30. The molecule has 0 aliphatic carbocycles. The van der Waals surface area contributed by atoms with Crippen LogP contribution in [-0.2, 0) is 10.3 Å². The molecule has 102 valence electrons. The Morgan fingerprint density at radius 3 is 2.58 bits per heavy atom. The van der Waals surface area contributed by atoms with Gasteiger partial charge >= 0.3 is 6.03 Å². The minimum atomic E-state index is -1.48. The maximum Gasteiger partial charge on any atom is 0.325 e. The summed E-state index contributed by atoms with van der Waals surface area (Å²) < 4.78 is 26.7. The summed E-state index contributed by atoms with van der Waals surface area (Å²) in [6.07, 6.45) is 0.612. The second-order valence-electron chi connectivity index (χ2n) is 4.64. The highest BCUT2D eigenvalue weighted by atomic mass is 19.1. The number of hydrogen-bond acceptors (Lipinski definition) is 2. The summed E-state index contributed by atoms with van der Waals surface area (Å²) in [5.74, 6) is -2.11. The smallest absolute Gasteiger partial charge is 0.319 e. The average molecular weight is 268 g/mol. The summed E-state index contributed by atoms with van der Waals surface area (Å²) in [6.45, 7) is 3.51. The number of carbonyl (C=O) groups is 2. The average Bonchev–Trinajstić information content (AvgIpc) is 2.54. The van der Waals surface area contributed by atoms with Crippen LogP contribution in [0.25, 0.3) is 0 Å². The summed E-state index contributed by atoms with van der Waals surface area (Å²) in [7, 11) is 0. The van der Waals surface area contributed by atoms with Crippen molar-refractivity contribution in [3.05, 3.63) is 35.4 Å². The van der Waals surface area contributed by atoms with Gasteiger partial charge in [-0.25, -0.2) is 13.6 Å². The van der Waals surface area contributed by atoms with E-state index in [1.807, 2.05) is 6.92 Å². The van der Waals surface area contributed by atoms with Crippen LogP contribution in [0.4, 0.5) is 13.6 Å². The summed E-state index contributed by atoms with van der Waals surface area (Å²) in [6, 6.07) is 2.38. The van der Waals surface area contributed by atoms with E-state index in [0.29, 0.717) is 12.5 Å². The second kappa shape index (κ2) is 4.60.